The molecule has 1 aromatic carbocycles. The summed E-state index contributed by atoms with van der Waals surface area (Å²) in [6.07, 6.45) is 3.33. The Morgan fingerprint density at radius 3 is 2.81 bits per heavy atom. The van der Waals surface area contributed by atoms with E-state index >= 15 is 0 Å². The van der Waals surface area contributed by atoms with Crippen molar-refractivity contribution in [3.63, 3.8) is 0 Å². The number of nitrogens with zero attached hydrogens (tertiary/aromatic N) is 2. The quantitative estimate of drug-likeness (QED) is 0.264. The molecule has 5 nitrogen and oxygen atoms in total. The van der Waals surface area contributed by atoms with E-state index in [4.69, 9.17) is 23.2 Å². The first kappa shape index (κ1) is 23.3. The summed E-state index contributed by atoms with van der Waals surface area (Å²) in [5, 5.41) is 8.08. The summed E-state index contributed by atoms with van der Waals surface area (Å²) in [7, 11) is 1.76. The number of likely N-dealkylation sites (tertiary alicyclic amines) is 1. The first-order valence-electron chi connectivity index (χ1n) is 8.72. The highest BCUT2D eigenvalue weighted by Gasteiger charge is 2.25. The molecule has 0 aliphatic carbocycles. The van der Waals surface area contributed by atoms with Gasteiger partial charge in [0, 0.05) is 49.2 Å². The van der Waals surface area contributed by atoms with Crippen LogP contribution in [0.4, 0.5) is 0 Å². The third-order valence-electron chi connectivity index (χ3n) is 4.34. The zero-order valence-electron chi connectivity index (χ0n) is 15.2. The highest BCUT2D eigenvalue weighted by Crippen LogP contribution is 2.21. The van der Waals surface area contributed by atoms with E-state index < -0.39 is 0 Å². The molecule has 2 N–H and O–H groups in total. The van der Waals surface area contributed by atoms with E-state index in [1.165, 1.54) is 0 Å². The fraction of sp³-hybridized carbons (Fsp3) is 0.556. The van der Waals surface area contributed by atoms with Crippen LogP contribution in [0.15, 0.2) is 23.2 Å². The maximum atomic E-state index is 11.7. The number of benzene rings is 1. The Labute approximate surface area is 182 Å². The largest absolute Gasteiger partial charge is 0.356 e. The third kappa shape index (κ3) is 7.12. The zero-order chi connectivity index (χ0) is 18.2. The lowest BCUT2D eigenvalue weighted by atomic mass is 10.1. The van der Waals surface area contributed by atoms with Crippen LogP contribution in [0.5, 0.6) is 0 Å². The summed E-state index contributed by atoms with van der Waals surface area (Å²) in [4.78, 5) is 17.9. The van der Waals surface area contributed by atoms with Crippen molar-refractivity contribution < 1.29 is 4.79 Å². The van der Waals surface area contributed by atoms with Gasteiger partial charge in [-0.15, -0.1) is 24.0 Å². The second-order valence-electron chi connectivity index (χ2n) is 6.16. The van der Waals surface area contributed by atoms with Crippen molar-refractivity contribution >= 4 is 59.0 Å². The molecule has 0 saturated carbocycles. The smallest absolute Gasteiger partial charge is 0.222 e. The van der Waals surface area contributed by atoms with E-state index in [0.717, 1.165) is 50.4 Å². The Bertz CT molecular complexity index is 627. The minimum absolute atomic E-state index is 0. The molecule has 0 spiro atoms. The molecule has 1 aromatic rings. The molecule has 1 atom stereocenters. The minimum Gasteiger partial charge on any atom is -0.356 e. The van der Waals surface area contributed by atoms with Crippen molar-refractivity contribution in [2.24, 2.45) is 4.99 Å². The van der Waals surface area contributed by atoms with Crippen molar-refractivity contribution in [2.75, 3.05) is 26.7 Å². The van der Waals surface area contributed by atoms with Crippen molar-refractivity contribution in [3.8, 4) is 0 Å². The van der Waals surface area contributed by atoms with Gasteiger partial charge in [0.1, 0.15) is 0 Å². The predicted molar refractivity (Wildman–Crippen MR) is 120 cm³/mol. The number of nitrogens with one attached hydrogen (secondary N) is 2. The summed E-state index contributed by atoms with van der Waals surface area (Å²) in [5.74, 6) is 0.991. The summed E-state index contributed by atoms with van der Waals surface area (Å²) in [6, 6.07) is 5.86. The Morgan fingerprint density at radius 1 is 1.38 bits per heavy atom. The summed E-state index contributed by atoms with van der Waals surface area (Å²) < 4.78 is 0. The summed E-state index contributed by atoms with van der Waals surface area (Å²) in [6.45, 7) is 4.25. The van der Waals surface area contributed by atoms with Crippen molar-refractivity contribution in [1.29, 1.82) is 0 Å². The van der Waals surface area contributed by atoms with Gasteiger partial charge in [0.05, 0.1) is 0 Å². The monoisotopic (exact) mass is 512 g/mol. The number of carbonyl (C=O) groups is 1. The molecule has 1 heterocycles. The third-order valence-corrected chi connectivity index (χ3v) is 4.93. The average molecular weight is 513 g/mol. The van der Waals surface area contributed by atoms with E-state index in [2.05, 4.69) is 15.6 Å². The van der Waals surface area contributed by atoms with Crippen molar-refractivity contribution in [2.45, 2.75) is 38.6 Å². The Kier molecular flexibility index (Phi) is 10.6. The van der Waals surface area contributed by atoms with Gasteiger partial charge in [0.15, 0.2) is 5.96 Å². The van der Waals surface area contributed by atoms with Gasteiger partial charge in [-0.3, -0.25) is 9.79 Å². The first-order valence-corrected chi connectivity index (χ1v) is 9.48. The van der Waals surface area contributed by atoms with Crippen LogP contribution in [0.2, 0.25) is 10.0 Å². The van der Waals surface area contributed by atoms with Gasteiger partial charge in [0.25, 0.3) is 0 Å². The number of carbonyl (C=O) groups excluding carboxylic acids is 1. The van der Waals surface area contributed by atoms with Crippen molar-refractivity contribution in [3.05, 3.63) is 33.8 Å². The minimum atomic E-state index is 0. The van der Waals surface area contributed by atoms with Gasteiger partial charge in [-0.2, -0.15) is 0 Å². The van der Waals surface area contributed by atoms with Crippen LogP contribution in [0.25, 0.3) is 0 Å². The standard InChI is InChI=1S/C18H26Cl2N4O.HI/c1-3-17(25)24-10-8-15(12-24)23-18(21-2)22-9-4-5-13-6-7-14(19)11-16(13)20;/h6-7,11,15H,3-5,8-10,12H2,1-2H3,(H2,21,22,23);1H. The number of amides is 1. The SMILES string of the molecule is CCC(=O)N1CCC(NC(=NC)NCCCc2ccc(Cl)cc2Cl)C1.I. The number of aliphatic imine (C=N–C) groups is 1. The van der Waals surface area contributed by atoms with Crippen LogP contribution >= 0.6 is 47.2 Å². The lowest BCUT2D eigenvalue weighted by molar-refractivity contribution is -0.129. The van der Waals surface area contributed by atoms with Gasteiger partial charge in [-0.05, 0) is 37.0 Å². The molecular formula is C18H27Cl2IN4O. The van der Waals surface area contributed by atoms with Gasteiger partial charge >= 0.3 is 0 Å². The predicted octanol–water partition coefficient (Wildman–Crippen LogP) is 3.72. The molecule has 0 bridgehead atoms. The van der Waals surface area contributed by atoms with E-state index in [-0.39, 0.29) is 35.9 Å². The van der Waals surface area contributed by atoms with E-state index in [1.54, 1.807) is 13.1 Å². The molecule has 8 heteroatoms. The highest BCUT2D eigenvalue weighted by molar-refractivity contribution is 14.0. The van der Waals surface area contributed by atoms with Gasteiger partial charge in [-0.1, -0.05) is 36.2 Å². The highest BCUT2D eigenvalue weighted by atomic mass is 127. The van der Waals surface area contributed by atoms with Gasteiger partial charge < -0.3 is 15.5 Å². The number of hydrogen-bond donors (Lipinski definition) is 2. The van der Waals surface area contributed by atoms with Crippen LogP contribution < -0.4 is 10.6 Å². The number of rotatable bonds is 6. The topological polar surface area (TPSA) is 56.7 Å². The second kappa shape index (κ2) is 11.9. The van der Waals surface area contributed by atoms with Crippen LogP contribution in [0, 0.1) is 0 Å². The second-order valence-corrected chi connectivity index (χ2v) is 7.01. The lowest BCUT2D eigenvalue weighted by Crippen LogP contribution is -2.45. The van der Waals surface area contributed by atoms with Crippen LogP contribution in [0.1, 0.15) is 31.7 Å². The molecule has 146 valence electrons. The Morgan fingerprint density at radius 2 is 2.15 bits per heavy atom. The number of aryl methyl sites for hydroxylation is 1. The molecule has 1 saturated heterocycles. The molecule has 1 aliphatic rings. The normalized spacial score (nSPS) is 17.0. The van der Waals surface area contributed by atoms with Gasteiger partial charge in [0.2, 0.25) is 5.91 Å². The molecule has 1 fully saturated rings. The van der Waals surface area contributed by atoms with E-state index in [0.29, 0.717) is 16.5 Å². The average Bonchev–Trinajstić information content (AvgIpc) is 3.07. The number of hydrogen-bond acceptors (Lipinski definition) is 2. The Balaban J connectivity index is 0.00000338. The van der Waals surface area contributed by atoms with Crippen LogP contribution in [-0.2, 0) is 11.2 Å². The van der Waals surface area contributed by atoms with Crippen molar-refractivity contribution in [1.82, 2.24) is 15.5 Å². The van der Waals surface area contributed by atoms with Gasteiger partial charge in [-0.25, -0.2) is 0 Å². The molecular weight excluding hydrogens is 486 g/mol. The molecule has 0 radical (unpaired) electrons. The zero-order valence-corrected chi connectivity index (χ0v) is 19.1. The number of halogens is 3. The lowest BCUT2D eigenvalue weighted by Gasteiger charge is -2.18. The molecule has 0 aromatic heterocycles. The maximum Gasteiger partial charge on any atom is 0.222 e. The van der Waals surface area contributed by atoms with Crippen LogP contribution in [0.3, 0.4) is 0 Å². The van der Waals surface area contributed by atoms with Crippen LogP contribution in [-0.4, -0.2) is 49.5 Å². The number of guanidine groups is 1. The molecule has 2 rings (SSSR count). The van der Waals surface area contributed by atoms with E-state index in [1.807, 2.05) is 24.0 Å². The molecule has 1 unspecified atom stereocenters. The molecule has 1 aliphatic heterocycles. The molecule has 26 heavy (non-hydrogen) atoms. The summed E-state index contributed by atoms with van der Waals surface area (Å²) >= 11 is 12.1. The summed E-state index contributed by atoms with van der Waals surface area (Å²) in [5.41, 5.74) is 1.10. The first-order chi connectivity index (χ1) is 12.0. The maximum absolute atomic E-state index is 11.7. The molecule has 1 amide bonds. The Hall–Kier alpha value is -0.730. The van der Waals surface area contributed by atoms with E-state index in [9.17, 15) is 4.79 Å². The fourth-order valence-corrected chi connectivity index (χ4v) is 3.43. The fourth-order valence-electron chi connectivity index (χ4n) is 2.93.